The Balaban J connectivity index is 1.58. The minimum Gasteiger partial charge on any atom is -0.496 e. The molecule has 2 aromatic carbocycles. The number of rotatable bonds is 8. The zero-order chi connectivity index (χ0) is 22.4. The summed E-state index contributed by atoms with van der Waals surface area (Å²) in [6.07, 6.45) is 1.59. The van der Waals surface area contributed by atoms with E-state index in [1.165, 1.54) is 16.4 Å². The zero-order valence-corrected chi connectivity index (χ0v) is 19.6. The van der Waals surface area contributed by atoms with Crippen molar-refractivity contribution < 1.29 is 9.53 Å². The fourth-order valence-corrected chi connectivity index (χ4v) is 3.64. The van der Waals surface area contributed by atoms with Crippen LogP contribution in [0.5, 0.6) is 5.75 Å². The van der Waals surface area contributed by atoms with Crippen molar-refractivity contribution >= 4 is 51.4 Å². The van der Waals surface area contributed by atoms with Crippen LogP contribution in [0.25, 0.3) is 0 Å². The van der Waals surface area contributed by atoms with Crippen molar-refractivity contribution in [3.05, 3.63) is 57.6 Å². The molecule has 9 nitrogen and oxygen atoms in total. The van der Waals surface area contributed by atoms with Crippen LogP contribution in [-0.4, -0.2) is 39.9 Å². The Morgan fingerprint density at radius 1 is 1.29 bits per heavy atom. The summed E-state index contributed by atoms with van der Waals surface area (Å²) in [5, 5.41) is 15.4. The van der Waals surface area contributed by atoms with Gasteiger partial charge < -0.3 is 15.9 Å². The first kappa shape index (κ1) is 22.6. The number of anilines is 2. The Labute approximate surface area is 192 Å². The number of hydrazone groups is 1. The predicted molar refractivity (Wildman–Crippen MR) is 127 cm³/mol. The molecular formula is C20H22BrN7O2S. The maximum absolute atomic E-state index is 12.3. The van der Waals surface area contributed by atoms with Gasteiger partial charge in [-0.2, -0.15) is 5.10 Å². The lowest BCUT2D eigenvalue weighted by molar-refractivity contribution is -0.113. The second kappa shape index (κ2) is 10.3. The molecule has 1 aromatic heterocycles. The molecule has 0 aliphatic rings. The van der Waals surface area contributed by atoms with Crippen LogP contribution in [0.15, 0.2) is 51.1 Å². The third kappa shape index (κ3) is 5.98. The zero-order valence-electron chi connectivity index (χ0n) is 17.2. The molecule has 4 N–H and O–H groups in total. The fraction of sp³-hybridized carbons (Fsp3) is 0.200. The van der Waals surface area contributed by atoms with E-state index in [-0.39, 0.29) is 17.6 Å². The maximum Gasteiger partial charge on any atom is 0.264 e. The normalized spacial score (nSPS) is 11.0. The largest absolute Gasteiger partial charge is 0.496 e. The van der Waals surface area contributed by atoms with E-state index in [0.29, 0.717) is 10.9 Å². The number of carbonyl (C=O) groups is 1. The van der Waals surface area contributed by atoms with Crippen molar-refractivity contribution in [1.29, 1.82) is 0 Å². The lowest BCUT2D eigenvalue weighted by Crippen LogP contribution is -2.17. The van der Waals surface area contributed by atoms with Crippen LogP contribution in [0, 0.1) is 13.8 Å². The van der Waals surface area contributed by atoms with Crippen LogP contribution in [0.1, 0.15) is 16.7 Å². The molecule has 11 heteroatoms. The second-order valence-electron chi connectivity index (χ2n) is 6.59. The molecule has 0 spiro atoms. The number of aryl methyl sites for hydroxylation is 2. The quantitative estimate of drug-likeness (QED) is 0.186. The Morgan fingerprint density at radius 2 is 2.10 bits per heavy atom. The molecule has 1 heterocycles. The lowest BCUT2D eigenvalue weighted by Gasteiger charge is -2.09. The van der Waals surface area contributed by atoms with Crippen LogP contribution < -0.4 is 21.3 Å². The van der Waals surface area contributed by atoms with Crippen molar-refractivity contribution in [3.8, 4) is 5.75 Å². The molecule has 0 fully saturated rings. The van der Waals surface area contributed by atoms with Crippen molar-refractivity contribution in [2.75, 3.05) is 29.4 Å². The Hall–Kier alpha value is -3.05. The molecule has 0 bridgehead atoms. The number of methoxy groups -OCH3 is 1. The number of benzene rings is 2. The van der Waals surface area contributed by atoms with E-state index in [9.17, 15) is 4.79 Å². The van der Waals surface area contributed by atoms with E-state index < -0.39 is 0 Å². The van der Waals surface area contributed by atoms with Crippen molar-refractivity contribution in [2.24, 2.45) is 5.10 Å². The van der Waals surface area contributed by atoms with Crippen molar-refractivity contribution in [1.82, 2.24) is 14.9 Å². The number of ether oxygens (including phenoxy) is 1. The van der Waals surface area contributed by atoms with Crippen LogP contribution in [-0.2, 0) is 4.79 Å². The first-order chi connectivity index (χ1) is 14.9. The summed E-state index contributed by atoms with van der Waals surface area (Å²) >= 11 is 4.59. The number of nitrogens with two attached hydrogens (primary N) is 1. The highest BCUT2D eigenvalue weighted by atomic mass is 79.9. The standard InChI is InChI=1S/C20H22BrN7O2S/c1-12-4-5-13(2)16(8-12)24-18(29)11-31-20-27-26-19(28(20)22)25-23-10-14-9-15(21)6-7-17(14)30-3/h4-10H,11,22H2,1-3H3,(H,24,29)(H,25,26)/b23-10+. The summed E-state index contributed by atoms with van der Waals surface area (Å²) < 4.78 is 7.44. The third-order valence-corrected chi connectivity index (χ3v) is 5.66. The lowest BCUT2D eigenvalue weighted by atomic mass is 10.1. The SMILES string of the molecule is COc1ccc(Br)cc1/C=N/Nc1nnc(SCC(=O)Nc2cc(C)ccc2C)n1N. The molecule has 0 aliphatic carbocycles. The van der Waals surface area contributed by atoms with Gasteiger partial charge in [0.25, 0.3) is 5.95 Å². The highest BCUT2D eigenvalue weighted by Crippen LogP contribution is 2.22. The summed E-state index contributed by atoms with van der Waals surface area (Å²) in [6.45, 7) is 3.92. The van der Waals surface area contributed by atoms with Gasteiger partial charge in [0.05, 0.1) is 19.1 Å². The number of aromatic nitrogens is 3. The van der Waals surface area contributed by atoms with Crippen LogP contribution in [0.4, 0.5) is 11.6 Å². The van der Waals surface area contributed by atoms with Gasteiger partial charge in [-0.3, -0.25) is 4.79 Å². The molecule has 0 radical (unpaired) electrons. The Bertz CT molecular complexity index is 1120. The number of nitrogens with one attached hydrogen (secondary N) is 2. The topological polar surface area (TPSA) is 119 Å². The average Bonchev–Trinajstić information content (AvgIpc) is 3.09. The van der Waals surface area contributed by atoms with Gasteiger partial charge in [0.2, 0.25) is 11.1 Å². The summed E-state index contributed by atoms with van der Waals surface area (Å²) in [5.41, 5.74) is 6.38. The fourth-order valence-electron chi connectivity index (χ4n) is 2.60. The molecule has 31 heavy (non-hydrogen) atoms. The number of amides is 1. The first-order valence-corrected chi connectivity index (χ1v) is 11.0. The molecule has 0 saturated carbocycles. The molecular weight excluding hydrogens is 482 g/mol. The molecule has 0 unspecified atom stereocenters. The number of hydrogen-bond acceptors (Lipinski definition) is 8. The van der Waals surface area contributed by atoms with Gasteiger partial charge in [-0.25, -0.2) is 10.1 Å². The van der Waals surface area contributed by atoms with Gasteiger partial charge >= 0.3 is 0 Å². The highest BCUT2D eigenvalue weighted by Gasteiger charge is 2.13. The third-order valence-electron chi connectivity index (χ3n) is 4.22. The average molecular weight is 504 g/mol. The minimum absolute atomic E-state index is 0.140. The highest BCUT2D eigenvalue weighted by molar-refractivity contribution is 9.10. The van der Waals surface area contributed by atoms with E-state index in [0.717, 1.165) is 26.9 Å². The predicted octanol–water partition coefficient (Wildman–Crippen LogP) is 3.56. The van der Waals surface area contributed by atoms with Gasteiger partial charge in [-0.15, -0.1) is 10.2 Å². The van der Waals surface area contributed by atoms with Gasteiger partial charge in [-0.05, 0) is 49.2 Å². The molecule has 0 saturated heterocycles. The Morgan fingerprint density at radius 3 is 2.87 bits per heavy atom. The van der Waals surface area contributed by atoms with Crippen molar-refractivity contribution in [3.63, 3.8) is 0 Å². The van der Waals surface area contributed by atoms with Gasteiger partial charge in [0.15, 0.2) is 0 Å². The monoisotopic (exact) mass is 503 g/mol. The molecule has 0 aliphatic heterocycles. The van der Waals surface area contributed by atoms with Gasteiger partial charge in [-0.1, -0.05) is 39.8 Å². The van der Waals surface area contributed by atoms with E-state index in [2.05, 4.69) is 42.0 Å². The molecule has 3 rings (SSSR count). The summed E-state index contributed by atoms with van der Waals surface area (Å²) in [7, 11) is 1.59. The van der Waals surface area contributed by atoms with Crippen LogP contribution >= 0.6 is 27.7 Å². The molecule has 0 atom stereocenters. The number of nitrogen functional groups attached to an aromatic ring is 1. The van der Waals surface area contributed by atoms with Gasteiger partial charge in [0, 0.05) is 15.7 Å². The number of carbonyl (C=O) groups excluding carboxylic acids is 1. The van der Waals surface area contributed by atoms with E-state index in [4.69, 9.17) is 10.6 Å². The molecule has 1 amide bonds. The van der Waals surface area contributed by atoms with Crippen LogP contribution in [0.2, 0.25) is 0 Å². The first-order valence-electron chi connectivity index (χ1n) is 9.20. The summed E-state index contributed by atoms with van der Waals surface area (Å²) in [5.74, 6) is 6.91. The van der Waals surface area contributed by atoms with Crippen molar-refractivity contribution in [2.45, 2.75) is 19.0 Å². The maximum atomic E-state index is 12.3. The van der Waals surface area contributed by atoms with Gasteiger partial charge in [0.1, 0.15) is 5.75 Å². The minimum atomic E-state index is -0.157. The number of nitrogens with zero attached hydrogens (tertiary/aromatic N) is 4. The van der Waals surface area contributed by atoms with E-state index >= 15 is 0 Å². The van der Waals surface area contributed by atoms with E-state index in [1.54, 1.807) is 13.3 Å². The molecule has 3 aromatic rings. The number of halogens is 1. The van der Waals surface area contributed by atoms with E-state index in [1.807, 2.05) is 50.2 Å². The summed E-state index contributed by atoms with van der Waals surface area (Å²) in [4.78, 5) is 12.3. The Kier molecular flexibility index (Phi) is 7.53. The van der Waals surface area contributed by atoms with Crippen LogP contribution in [0.3, 0.4) is 0 Å². The smallest absolute Gasteiger partial charge is 0.264 e. The summed E-state index contributed by atoms with van der Waals surface area (Å²) in [6, 6.07) is 11.5. The molecule has 162 valence electrons. The number of hydrogen-bond donors (Lipinski definition) is 3. The second-order valence-corrected chi connectivity index (χ2v) is 8.45. The number of thioether (sulfide) groups is 1.